The van der Waals surface area contributed by atoms with Gasteiger partial charge in [-0.05, 0) is 19.0 Å². The molecule has 3 rings (SSSR count). The Balaban J connectivity index is 1.86. The summed E-state index contributed by atoms with van der Waals surface area (Å²) in [6, 6.07) is 8.01. The molecule has 1 amide bonds. The Morgan fingerprint density at radius 3 is 2.85 bits per heavy atom. The Morgan fingerprint density at radius 1 is 1.35 bits per heavy atom. The number of piperazine rings is 1. The predicted octanol–water partition coefficient (Wildman–Crippen LogP) is 0.530. The van der Waals surface area contributed by atoms with Crippen molar-refractivity contribution in [2.75, 3.05) is 33.3 Å². The third kappa shape index (κ3) is 2.39. The highest BCUT2D eigenvalue weighted by Gasteiger charge is 2.35. The summed E-state index contributed by atoms with van der Waals surface area (Å²) in [4.78, 5) is 14.5. The number of hydrogen-bond donors (Lipinski definition) is 2. The predicted molar refractivity (Wildman–Crippen MR) is 76.7 cm³/mol. The molecule has 0 aromatic heterocycles. The zero-order valence-electron chi connectivity index (χ0n) is 11.8. The maximum Gasteiger partial charge on any atom is 0.240 e. The number of para-hydroxylation sites is 1. The van der Waals surface area contributed by atoms with Crippen molar-refractivity contribution in [2.24, 2.45) is 0 Å². The van der Waals surface area contributed by atoms with Crippen LogP contribution in [0.15, 0.2) is 24.3 Å². The number of nitrogens with zero attached hydrogens (tertiary/aromatic N) is 1. The zero-order chi connectivity index (χ0) is 13.9. The molecular weight excluding hydrogens is 254 g/mol. The maximum atomic E-state index is 12.6. The van der Waals surface area contributed by atoms with Gasteiger partial charge in [-0.2, -0.15) is 0 Å². The molecule has 2 saturated heterocycles. The average Bonchev–Trinajstić information content (AvgIpc) is 2.45. The first-order chi connectivity index (χ1) is 9.81. The molecule has 1 unspecified atom stereocenters. The molecule has 20 heavy (non-hydrogen) atoms. The first-order valence-corrected chi connectivity index (χ1v) is 7.19. The van der Waals surface area contributed by atoms with E-state index in [1.54, 1.807) is 7.11 Å². The van der Waals surface area contributed by atoms with E-state index < -0.39 is 0 Å². The molecule has 2 aliphatic rings. The first kappa shape index (κ1) is 13.4. The molecule has 5 heteroatoms. The molecule has 2 atom stereocenters. The van der Waals surface area contributed by atoms with Gasteiger partial charge in [-0.3, -0.25) is 4.79 Å². The smallest absolute Gasteiger partial charge is 0.240 e. The first-order valence-electron chi connectivity index (χ1n) is 7.19. The van der Waals surface area contributed by atoms with Crippen molar-refractivity contribution < 1.29 is 9.53 Å². The van der Waals surface area contributed by atoms with Gasteiger partial charge in [0.1, 0.15) is 5.75 Å². The average molecular weight is 275 g/mol. The number of carbonyl (C=O) groups excluding carboxylic acids is 1. The largest absolute Gasteiger partial charge is 0.496 e. The summed E-state index contributed by atoms with van der Waals surface area (Å²) in [7, 11) is 1.68. The van der Waals surface area contributed by atoms with E-state index in [0.717, 1.165) is 43.9 Å². The van der Waals surface area contributed by atoms with E-state index in [4.69, 9.17) is 4.74 Å². The van der Waals surface area contributed by atoms with Crippen LogP contribution in [0.2, 0.25) is 0 Å². The van der Waals surface area contributed by atoms with Gasteiger partial charge in [0.25, 0.3) is 0 Å². The molecular formula is C15H21N3O2. The third-order valence-corrected chi connectivity index (χ3v) is 4.15. The molecule has 0 radical (unpaired) electrons. The number of carbonyl (C=O) groups is 1. The molecule has 2 fully saturated rings. The number of rotatable bonds is 3. The zero-order valence-corrected chi connectivity index (χ0v) is 11.8. The van der Waals surface area contributed by atoms with Crippen LogP contribution < -0.4 is 15.4 Å². The molecule has 5 nitrogen and oxygen atoms in total. The van der Waals surface area contributed by atoms with Crippen LogP contribution in [0.25, 0.3) is 0 Å². The second-order valence-corrected chi connectivity index (χ2v) is 5.29. The second-order valence-electron chi connectivity index (χ2n) is 5.29. The van der Waals surface area contributed by atoms with Crippen LogP contribution >= 0.6 is 0 Å². The summed E-state index contributed by atoms with van der Waals surface area (Å²) in [5.41, 5.74) is 1.08. The second kappa shape index (κ2) is 5.81. The molecule has 2 aliphatic heterocycles. The summed E-state index contributed by atoms with van der Waals surface area (Å²) < 4.78 is 5.45. The normalized spacial score (nSPS) is 25.9. The van der Waals surface area contributed by atoms with Crippen LogP contribution in [0.3, 0.4) is 0 Å². The summed E-state index contributed by atoms with van der Waals surface area (Å²) in [5.74, 6) is 1.06. The fourth-order valence-corrected chi connectivity index (χ4v) is 2.89. The van der Waals surface area contributed by atoms with Crippen LogP contribution in [-0.4, -0.2) is 50.1 Å². The molecule has 0 spiro atoms. The highest BCUT2D eigenvalue weighted by molar-refractivity contribution is 5.83. The summed E-state index contributed by atoms with van der Waals surface area (Å²) in [6.07, 6.45) is 0.946. The molecule has 108 valence electrons. The van der Waals surface area contributed by atoms with Gasteiger partial charge in [0.05, 0.1) is 19.2 Å². The van der Waals surface area contributed by atoms with Gasteiger partial charge in [-0.1, -0.05) is 18.2 Å². The number of benzene rings is 1. The van der Waals surface area contributed by atoms with Crippen molar-refractivity contribution in [3.05, 3.63) is 29.8 Å². The molecule has 2 N–H and O–H groups in total. The van der Waals surface area contributed by atoms with Gasteiger partial charge in [0.2, 0.25) is 5.91 Å². The molecule has 0 saturated carbocycles. The quantitative estimate of drug-likeness (QED) is 0.845. The van der Waals surface area contributed by atoms with Crippen molar-refractivity contribution in [2.45, 2.75) is 18.5 Å². The van der Waals surface area contributed by atoms with Crippen LogP contribution in [0.4, 0.5) is 0 Å². The number of ether oxygens (including phenoxy) is 1. The van der Waals surface area contributed by atoms with E-state index in [-0.39, 0.29) is 18.0 Å². The topological polar surface area (TPSA) is 53.6 Å². The van der Waals surface area contributed by atoms with Gasteiger partial charge < -0.3 is 20.3 Å². The number of nitrogens with one attached hydrogen (secondary N) is 2. The standard InChI is InChI=1S/C15H21N3O2/c1-20-14-5-3-2-4-11(14)13-10-16-8-9-18(13)15(19)12-6-7-17-12/h2-5,12-13,16-17H,6-10H2,1H3/t12-,13?/m1/s1. The van der Waals surface area contributed by atoms with Gasteiger partial charge in [0, 0.05) is 25.2 Å². The minimum absolute atomic E-state index is 0.00491. The lowest BCUT2D eigenvalue weighted by molar-refractivity contribution is -0.138. The molecule has 0 bridgehead atoms. The summed E-state index contributed by atoms with van der Waals surface area (Å²) in [5, 5.41) is 6.57. The number of hydrogen-bond acceptors (Lipinski definition) is 4. The van der Waals surface area contributed by atoms with E-state index in [2.05, 4.69) is 10.6 Å². The Kier molecular flexibility index (Phi) is 3.89. The summed E-state index contributed by atoms with van der Waals surface area (Å²) >= 11 is 0. The molecule has 1 aromatic carbocycles. The molecule has 1 aromatic rings. The van der Waals surface area contributed by atoms with Gasteiger partial charge in [-0.25, -0.2) is 0 Å². The van der Waals surface area contributed by atoms with Crippen molar-refractivity contribution in [1.29, 1.82) is 0 Å². The van der Waals surface area contributed by atoms with Crippen LogP contribution in [-0.2, 0) is 4.79 Å². The Labute approximate surface area is 119 Å². The van der Waals surface area contributed by atoms with Crippen molar-refractivity contribution in [3.63, 3.8) is 0 Å². The van der Waals surface area contributed by atoms with Crippen LogP contribution in [0.1, 0.15) is 18.0 Å². The lowest BCUT2D eigenvalue weighted by Gasteiger charge is -2.41. The van der Waals surface area contributed by atoms with Gasteiger partial charge in [-0.15, -0.1) is 0 Å². The Bertz CT molecular complexity index is 488. The van der Waals surface area contributed by atoms with E-state index in [1.807, 2.05) is 29.2 Å². The van der Waals surface area contributed by atoms with Crippen molar-refractivity contribution in [1.82, 2.24) is 15.5 Å². The highest BCUT2D eigenvalue weighted by Crippen LogP contribution is 2.31. The fraction of sp³-hybridized carbons (Fsp3) is 0.533. The van der Waals surface area contributed by atoms with E-state index in [9.17, 15) is 4.79 Å². The monoisotopic (exact) mass is 275 g/mol. The minimum atomic E-state index is 0.00491. The Hall–Kier alpha value is -1.59. The number of methoxy groups -OCH3 is 1. The van der Waals surface area contributed by atoms with Crippen LogP contribution in [0, 0.1) is 0 Å². The van der Waals surface area contributed by atoms with Crippen molar-refractivity contribution >= 4 is 5.91 Å². The molecule has 2 heterocycles. The van der Waals surface area contributed by atoms with E-state index in [0.29, 0.717) is 0 Å². The third-order valence-electron chi connectivity index (χ3n) is 4.15. The SMILES string of the molecule is COc1ccccc1C1CNCCN1C(=O)[C@H]1CCN1. The molecule has 0 aliphatic carbocycles. The minimum Gasteiger partial charge on any atom is -0.496 e. The number of amides is 1. The lowest BCUT2D eigenvalue weighted by atomic mass is 9.99. The van der Waals surface area contributed by atoms with Crippen LogP contribution in [0.5, 0.6) is 5.75 Å². The lowest BCUT2D eigenvalue weighted by Crippen LogP contribution is -2.58. The maximum absolute atomic E-state index is 12.6. The Morgan fingerprint density at radius 2 is 2.15 bits per heavy atom. The van der Waals surface area contributed by atoms with Gasteiger partial charge in [0.15, 0.2) is 0 Å². The van der Waals surface area contributed by atoms with Gasteiger partial charge >= 0.3 is 0 Å². The summed E-state index contributed by atoms with van der Waals surface area (Å²) in [6.45, 7) is 3.32. The van der Waals surface area contributed by atoms with Crippen molar-refractivity contribution in [3.8, 4) is 5.75 Å². The highest BCUT2D eigenvalue weighted by atomic mass is 16.5. The van der Waals surface area contributed by atoms with E-state index >= 15 is 0 Å². The van der Waals surface area contributed by atoms with E-state index in [1.165, 1.54) is 0 Å². The fourth-order valence-electron chi connectivity index (χ4n) is 2.89.